The third kappa shape index (κ3) is 4.28. The van der Waals surface area contributed by atoms with E-state index < -0.39 is 36.7 Å². The second kappa shape index (κ2) is 8.42. The van der Waals surface area contributed by atoms with Crippen molar-refractivity contribution in [2.75, 3.05) is 0 Å². The summed E-state index contributed by atoms with van der Waals surface area (Å²) < 4.78 is 16.6. The van der Waals surface area contributed by atoms with Crippen LogP contribution in [0, 0.1) is 0 Å². The van der Waals surface area contributed by atoms with Crippen LogP contribution in [0.5, 0.6) is 0 Å². The lowest BCUT2D eigenvalue weighted by molar-refractivity contribution is -0.287. The highest BCUT2D eigenvalue weighted by Gasteiger charge is 2.46. The Morgan fingerprint density at radius 3 is 2.27 bits per heavy atom. The van der Waals surface area contributed by atoms with Gasteiger partial charge in [0.1, 0.15) is 12.2 Å². The highest BCUT2D eigenvalue weighted by atomic mass is 16.7. The first-order valence-electron chi connectivity index (χ1n) is 8.49. The molecule has 2 N–H and O–H groups in total. The van der Waals surface area contributed by atoms with E-state index >= 15 is 0 Å². The normalized spacial score (nSPS) is 28.5. The standard InChI is InChI=1S/C20H22O6/c1-13-17(26-19(22)15-10-6-3-7-11-15)18(16(21)20(23)25-13)24-12-14-8-4-2-5-9-14/h2-11,13,16-18,20-21,23H,12H2,1H3/t13-,16+,17-,18-,20-/m0/s1. The predicted octanol–water partition coefficient (Wildman–Crippen LogP) is 1.90. The number of aliphatic hydroxyl groups is 2. The third-order valence-corrected chi connectivity index (χ3v) is 4.31. The number of aliphatic hydroxyl groups excluding tert-OH is 2. The molecule has 5 atom stereocenters. The minimum absolute atomic E-state index is 0.210. The summed E-state index contributed by atoms with van der Waals surface area (Å²) in [6.07, 6.45) is -5.14. The maximum absolute atomic E-state index is 12.4. The Kier molecular flexibility index (Phi) is 6.00. The van der Waals surface area contributed by atoms with Crippen molar-refractivity contribution in [3.8, 4) is 0 Å². The van der Waals surface area contributed by atoms with Crippen LogP contribution in [0.15, 0.2) is 60.7 Å². The Morgan fingerprint density at radius 2 is 1.62 bits per heavy atom. The predicted molar refractivity (Wildman–Crippen MR) is 93.2 cm³/mol. The van der Waals surface area contributed by atoms with E-state index in [0.717, 1.165) is 5.56 Å². The molecule has 6 heteroatoms. The van der Waals surface area contributed by atoms with Crippen LogP contribution in [0.2, 0.25) is 0 Å². The highest BCUT2D eigenvalue weighted by molar-refractivity contribution is 5.89. The van der Waals surface area contributed by atoms with E-state index in [4.69, 9.17) is 14.2 Å². The van der Waals surface area contributed by atoms with Gasteiger partial charge in [-0.3, -0.25) is 0 Å². The number of ether oxygens (including phenoxy) is 3. The Morgan fingerprint density at radius 1 is 1.00 bits per heavy atom. The SMILES string of the molecule is C[C@@H]1O[C@H](O)[C@H](O)[C@H](OCc2ccccc2)[C@H]1OC(=O)c1ccccc1. The number of rotatable bonds is 5. The van der Waals surface area contributed by atoms with Crippen molar-refractivity contribution < 1.29 is 29.2 Å². The summed E-state index contributed by atoms with van der Waals surface area (Å²) in [5.41, 5.74) is 1.29. The number of hydrogen-bond donors (Lipinski definition) is 2. The Balaban J connectivity index is 1.74. The zero-order valence-electron chi connectivity index (χ0n) is 14.4. The molecule has 2 aromatic rings. The second-order valence-electron chi connectivity index (χ2n) is 6.22. The quantitative estimate of drug-likeness (QED) is 0.794. The monoisotopic (exact) mass is 358 g/mol. The number of esters is 1. The van der Waals surface area contributed by atoms with Crippen molar-refractivity contribution >= 4 is 5.97 Å². The Labute approximate surface area is 151 Å². The van der Waals surface area contributed by atoms with Gasteiger partial charge in [0, 0.05) is 0 Å². The first kappa shape index (κ1) is 18.5. The van der Waals surface area contributed by atoms with Crippen molar-refractivity contribution in [1.82, 2.24) is 0 Å². The maximum Gasteiger partial charge on any atom is 0.338 e. The fourth-order valence-electron chi connectivity index (χ4n) is 2.89. The number of carbonyl (C=O) groups excluding carboxylic acids is 1. The first-order chi connectivity index (χ1) is 12.6. The summed E-state index contributed by atoms with van der Waals surface area (Å²) in [7, 11) is 0. The Hall–Kier alpha value is -2.25. The molecule has 1 aliphatic heterocycles. The van der Waals surface area contributed by atoms with Crippen LogP contribution in [-0.4, -0.2) is 46.9 Å². The Bertz CT molecular complexity index is 705. The fourth-order valence-corrected chi connectivity index (χ4v) is 2.89. The van der Waals surface area contributed by atoms with E-state index in [2.05, 4.69) is 0 Å². The minimum Gasteiger partial charge on any atom is -0.453 e. The van der Waals surface area contributed by atoms with Gasteiger partial charge in [-0.05, 0) is 24.6 Å². The molecule has 26 heavy (non-hydrogen) atoms. The molecule has 2 aromatic carbocycles. The zero-order chi connectivity index (χ0) is 18.5. The molecule has 3 rings (SSSR count). The molecule has 1 aliphatic rings. The summed E-state index contributed by atoms with van der Waals surface area (Å²) in [5, 5.41) is 20.2. The van der Waals surface area contributed by atoms with Crippen LogP contribution in [0.3, 0.4) is 0 Å². The van der Waals surface area contributed by atoms with Crippen LogP contribution in [0.1, 0.15) is 22.8 Å². The molecule has 0 aromatic heterocycles. The van der Waals surface area contributed by atoms with E-state index in [1.165, 1.54) is 0 Å². The highest BCUT2D eigenvalue weighted by Crippen LogP contribution is 2.26. The lowest BCUT2D eigenvalue weighted by Crippen LogP contribution is -2.58. The molecule has 138 valence electrons. The molecule has 6 nitrogen and oxygen atoms in total. The van der Waals surface area contributed by atoms with Crippen molar-refractivity contribution in [3.63, 3.8) is 0 Å². The summed E-state index contributed by atoms with van der Waals surface area (Å²) >= 11 is 0. The third-order valence-electron chi connectivity index (χ3n) is 4.31. The molecule has 0 spiro atoms. The van der Waals surface area contributed by atoms with Gasteiger partial charge in [0.15, 0.2) is 12.4 Å². The molecular formula is C20H22O6. The molecule has 1 heterocycles. The van der Waals surface area contributed by atoms with E-state index in [9.17, 15) is 15.0 Å². The van der Waals surface area contributed by atoms with E-state index in [1.54, 1.807) is 37.3 Å². The molecule has 0 bridgehead atoms. The van der Waals surface area contributed by atoms with Crippen LogP contribution in [0.4, 0.5) is 0 Å². The lowest BCUT2D eigenvalue weighted by Gasteiger charge is -2.41. The minimum atomic E-state index is -1.41. The number of benzene rings is 2. The van der Waals surface area contributed by atoms with Gasteiger partial charge in [-0.15, -0.1) is 0 Å². The lowest BCUT2D eigenvalue weighted by atomic mass is 9.99. The van der Waals surface area contributed by atoms with Crippen LogP contribution >= 0.6 is 0 Å². The average Bonchev–Trinajstić information content (AvgIpc) is 2.67. The largest absolute Gasteiger partial charge is 0.453 e. The van der Waals surface area contributed by atoms with Gasteiger partial charge in [-0.1, -0.05) is 48.5 Å². The smallest absolute Gasteiger partial charge is 0.338 e. The number of hydrogen-bond acceptors (Lipinski definition) is 6. The molecule has 0 aliphatic carbocycles. The topological polar surface area (TPSA) is 85.2 Å². The molecule has 0 saturated carbocycles. The van der Waals surface area contributed by atoms with Gasteiger partial charge in [-0.2, -0.15) is 0 Å². The van der Waals surface area contributed by atoms with Gasteiger partial charge in [0.05, 0.1) is 18.3 Å². The zero-order valence-corrected chi connectivity index (χ0v) is 14.4. The van der Waals surface area contributed by atoms with E-state index in [0.29, 0.717) is 5.56 Å². The van der Waals surface area contributed by atoms with Gasteiger partial charge in [0.25, 0.3) is 0 Å². The molecule has 0 amide bonds. The van der Waals surface area contributed by atoms with Crippen LogP contribution < -0.4 is 0 Å². The second-order valence-corrected chi connectivity index (χ2v) is 6.22. The first-order valence-corrected chi connectivity index (χ1v) is 8.49. The molecule has 1 saturated heterocycles. The van der Waals surface area contributed by atoms with Gasteiger partial charge >= 0.3 is 5.97 Å². The van der Waals surface area contributed by atoms with Crippen molar-refractivity contribution in [1.29, 1.82) is 0 Å². The van der Waals surface area contributed by atoms with Crippen LogP contribution in [-0.2, 0) is 20.8 Å². The molecule has 1 fully saturated rings. The van der Waals surface area contributed by atoms with E-state index in [-0.39, 0.29) is 6.61 Å². The van der Waals surface area contributed by atoms with E-state index in [1.807, 2.05) is 30.3 Å². The van der Waals surface area contributed by atoms with Crippen molar-refractivity contribution in [3.05, 3.63) is 71.8 Å². The summed E-state index contributed by atoms with van der Waals surface area (Å²) in [4.78, 5) is 12.4. The fraction of sp³-hybridized carbons (Fsp3) is 0.350. The summed E-state index contributed by atoms with van der Waals surface area (Å²) in [5.74, 6) is -0.539. The number of carbonyl (C=O) groups is 1. The summed E-state index contributed by atoms with van der Waals surface area (Å²) in [6, 6.07) is 18.0. The van der Waals surface area contributed by atoms with Gasteiger partial charge < -0.3 is 24.4 Å². The van der Waals surface area contributed by atoms with Gasteiger partial charge in [-0.25, -0.2) is 4.79 Å². The maximum atomic E-state index is 12.4. The molecule has 0 radical (unpaired) electrons. The van der Waals surface area contributed by atoms with Crippen molar-refractivity contribution in [2.45, 2.75) is 44.2 Å². The van der Waals surface area contributed by atoms with Crippen molar-refractivity contribution in [2.24, 2.45) is 0 Å². The average molecular weight is 358 g/mol. The molecule has 0 unspecified atom stereocenters. The van der Waals surface area contributed by atoms with Crippen LogP contribution in [0.25, 0.3) is 0 Å². The summed E-state index contributed by atoms with van der Waals surface area (Å²) in [6.45, 7) is 1.87. The molecular weight excluding hydrogens is 336 g/mol. The van der Waals surface area contributed by atoms with Gasteiger partial charge in [0.2, 0.25) is 0 Å².